The Bertz CT molecular complexity index is 803. The van der Waals surface area contributed by atoms with E-state index in [1.165, 1.54) is 0 Å². The molecule has 0 aliphatic rings. The standard InChI is InChI=1S/C18H17N3O2.ClH/c1-13-12-23-18(20-13)14-6-5-9-16(10-14)21-17(22)11-19-15-7-3-2-4-8-15;/h2-10,12,19H,11H2,1H3,(H,21,22);1H. The van der Waals surface area contributed by atoms with Crippen LogP contribution in [-0.2, 0) is 4.79 Å². The molecule has 6 heteroatoms. The Morgan fingerprint density at radius 3 is 2.54 bits per heavy atom. The van der Waals surface area contributed by atoms with Crippen LogP contribution in [0.3, 0.4) is 0 Å². The molecule has 0 saturated heterocycles. The smallest absolute Gasteiger partial charge is 0.243 e. The topological polar surface area (TPSA) is 67.2 Å². The number of para-hydroxylation sites is 1. The third kappa shape index (κ3) is 4.60. The van der Waals surface area contributed by atoms with Gasteiger partial charge in [0.15, 0.2) is 0 Å². The number of hydrogen-bond acceptors (Lipinski definition) is 4. The van der Waals surface area contributed by atoms with Gasteiger partial charge in [-0.2, -0.15) is 0 Å². The molecule has 0 spiro atoms. The lowest BCUT2D eigenvalue weighted by atomic mass is 10.2. The van der Waals surface area contributed by atoms with Crippen molar-refractivity contribution in [2.45, 2.75) is 6.92 Å². The monoisotopic (exact) mass is 343 g/mol. The third-order valence-electron chi connectivity index (χ3n) is 3.24. The van der Waals surface area contributed by atoms with Gasteiger partial charge in [-0.15, -0.1) is 12.4 Å². The molecule has 0 atom stereocenters. The molecule has 2 aromatic carbocycles. The van der Waals surface area contributed by atoms with Crippen LogP contribution in [0, 0.1) is 6.92 Å². The first-order valence-corrected chi connectivity index (χ1v) is 7.32. The first-order valence-electron chi connectivity index (χ1n) is 7.32. The van der Waals surface area contributed by atoms with Gasteiger partial charge in [-0.05, 0) is 37.3 Å². The minimum absolute atomic E-state index is 0. The van der Waals surface area contributed by atoms with E-state index in [1.54, 1.807) is 6.26 Å². The van der Waals surface area contributed by atoms with Crippen molar-refractivity contribution in [1.29, 1.82) is 0 Å². The number of aromatic nitrogens is 1. The number of anilines is 2. The van der Waals surface area contributed by atoms with E-state index in [0.717, 1.165) is 16.9 Å². The Labute approximate surface area is 146 Å². The molecule has 0 saturated carbocycles. The number of carbonyl (C=O) groups is 1. The average molecular weight is 344 g/mol. The summed E-state index contributed by atoms with van der Waals surface area (Å²) in [5.74, 6) is 0.426. The van der Waals surface area contributed by atoms with Crippen molar-refractivity contribution in [2.75, 3.05) is 17.2 Å². The van der Waals surface area contributed by atoms with Gasteiger partial charge in [0.05, 0.1) is 12.2 Å². The summed E-state index contributed by atoms with van der Waals surface area (Å²) in [6.45, 7) is 2.07. The minimum atomic E-state index is -0.116. The summed E-state index contributed by atoms with van der Waals surface area (Å²) in [6.07, 6.45) is 1.60. The van der Waals surface area contributed by atoms with Crippen molar-refractivity contribution >= 4 is 29.7 Å². The SMILES string of the molecule is Cc1coc(-c2cccc(NC(=O)CNc3ccccc3)c2)n1.Cl. The van der Waals surface area contributed by atoms with E-state index in [9.17, 15) is 4.79 Å². The molecule has 0 aliphatic carbocycles. The molecule has 3 aromatic rings. The van der Waals surface area contributed by atoms with Crippen LogP contribution in [0.25, 0.3) is 11.5 Å². The van der Waals surface area contributed by atoms with Crippen LogP contribution in [0.4, 0.5) is 11.4 Å². The van der Waals surface area contributed by atoms with Gasteiger partial charge in [-0.3, -0.25) is 4.79 Å². The molecule has 24 heavy (non-hydrogen) atoms. The van der Waals surface area contributed by atoms with Gasteiger partial charge < -0.3 is 15.1 Å². The van der Waals surface area contributed by atoms with E-state index in [0.29, 0.717) is 11.6 Å². The zero-order chi connectivity index (χ0) is 16.1. The van der Waals surface area contributed by atoms with E-state index in [4.69, 9.17) is 4.42 Å². The Hall–Kier alpha value is -2.79. The third-order valence-corrected chi connectivity index (χ3v) is 3.24. The molecule has 0 bridgehead atoms. The Morgan fingerprint density at radius 1 is 1.08 bits per heavy atom. The molecule has 124 valence electrons. The van der Waals surface area contributed by atoms with Crippen LogP contribution in [-0.4, -0.2) is 17.4 Å². The Morgan fingerprint density at radius 2 is 1.83 bits per heavy atom. The molecule has 1 heterocycles. The molecule has 0 radical (unpaired) electrons. The quantitative estimate of drug-likeness (QED) is 0.731. The molecular weight excluding hydrogens is 326 g/mol. The van der Waals surface area contributed by atoms with Gasteiger partial charge in [0.25, 0.3) is 0 Å². The van der Waals surface area contributed by atoms with E-state index >= 15 is 0 Å². The molecule has 1 aromatic heterocycles. The highest BCUT2D eigenvalue weighted by molar-refractivity contribution is 5.94. The highest BCUT2D eigenvalue weighted by Crippen LogP contribution is 2.21. The van der Waals surface area contributed by atoms with Crippen LogP contribution in [0.5, 0.6) is 0 Å². The number of hydrogen-bond donors (Lipinski definition) is 2. The molecule has 5 nitrogen and oxygen atoms in total. The van der Waals surface area contributed by atoms with Crippen LogP contribution in [0.2, 0.25) is 0 Å². The second-order valence-electron chi connectivity index (χ2n) is 5.14. The number of nitrogens with zero attached hydrogens (tertiary/aromatic N) is 1. The largest absolute Gasteiger partial charge is 0.444 e. The fraction of sp³-hybridized carbons (Fsp3) is 0.111. The highest BCUT2D eigenvalue weighted by atomic mass is 35.5. The van der Waals surface area contributed by atoms with Crippen molar-refractivity contribution in [3.63, 3.8) is 0 Å². The molecule has 0 unspecified atom stereocenters. The van der Waals surface area contributed by atoms with Gasteiger partial charge in [0, 0.05) is 16.9 Å². The van der Waals surface area contributed by atoms with Crippen molar-refractivity contribution in [3.8, 4) is 11.5 Å². The van der Waals surface area contributed by atoms with Gasteiger partial charge >= 0.3 is 0 Å². The first-order chi connectivity index (χ1) is 11.2. The number of oxazole rings is 1. The zero-order valence-corrected chi connectivity index (χ0v) is 14.0. The summed E-state index contributed by atoms with van der Waals surface area (Å²) in [5, 5.41) is 5.93. The molecule has 1 amide bonds. The number of benzene rings is 2. The molecule has 2 N–H and O–H groups in total. The van der Waals surface area contributed by atoms with Crippen LogP contribution < -0.4 is 10.6 Å². The summed E-state index contributed by atoms with van der Waals surface area (Å²) in [4.78, 5) is 16.3. The maximum atomic E-state index is 12.0. The molecule has 0 aliphatic heterocycles. The minimum Gasteiger partial charge on any atom is -0.444 e. The lowest BCUT2D eigenvalue weighted by Crippen LogP contribution is -2.21. The number of rotatable bonds is 5. The van der Waals surface area contributed by atoms with Gasteiger partial charge in [0.1, 0.15) is 6.26 Å². The Kier molecular flexibility index (Phi) is 5.98. The second kappa shape index (κ2) is 8.17. The first kappa shape index (κ1) is 17.6. The van der Waals surface area contributed by atoms with Gasteiger partial charge in [-0.1, -0.05) is 24.3 Å². The van der Waals surface area contributed by atoms with Gasteiger partial charge in [-0.25, -0.2) is 4.98 Å². The summed E-state index contributed by atoms with van der Waals surface area (Å²) in [7, 11) is 0. The summed E-state index contributed by atoms with van der Waals surface area (Å²) in [5.41, 5.74) is 3.26. The maximum absolute atomic E-state index is 12.0. The zero-order valence-electron chi connectivity index (χ0n) is 13.2. The lowest BCUT2D eigenvalue weighted by molar-refractivity contribution is -0.114. The summed E-state index contributed by atoms with van der Waals surface area (Å²) in [6, 6.07) is 17.0. The van der Waals surface area contributed by atoms with Crippen LogP contribution >= 0.6 is 12.4 Å². The number of nitrogens with one attached hydrogen (secondary N) is 2. The normalized spacial score (nSPS) is 9.88. The van der Waals surface area contributed by atoms with Gasteiger partial charge in [0.2, 0.25) is 11.8 Å². The second-order valence-corrected chi connectivity index (χ2v) is 5.14. The predicted molar refractivity (Wildman–Crippen MR) is 97.5 cm³/mol. The number of carbonyl (C=O) groups excluding carboxylic acids is 1. The van der Waals surface area contributed by atoms with E-state index < -0.39 is 0 Å². The average Bonchev–Trinajstić information content (AvgIpc) is 3.01. The number of amides is 1. The predicted octanol–water partition coefficient (Wildman–Crippen LogP) is 4.12. The van der Waals surface area contributed by atoms with Crippen LogP contribution in [0.1, 0.15) is 5.69 Å². The van der Waals surface area contributed by atoms with Crippen molar-refractivity contribution in [1.82, 2.24) is 4.98 Å². The summed E-state index contributed by atoms with van der Waals surface area (Å²) < 4.78 is 5.38. The van der Waals surface area contributed by atoms with E-state index in [1.807, 2.05) is 61.5 Å². The molecule has 3 rings (SSSR count). The fourth-order valence-electron chi connectivity index (χ4n) is 2.16. The van der Waals surface area contributed by atoms with Crippen LogP contribution in [0.15, 0.2) is 65.3 Å². The molecule has 0 fully saturated rings. The number of halogens is 1. The Balaban J connectivity index is 0.00000208. The number of aryl methyl sites for hydroxylation is 1. The van der Waals surface area contributed by atoms with E-state index in [-0.39, 0.29) is 24.9 Å². The van der Waals surface area contributed by atoms with Crippen molar-refractivity contribution in [3.05, 3.63) is 66.6 Å². The highest BCUT2D eigenvalue weighted by Gasteiger charge is 2.07. The van der Waals surface area contributed by atoms with Crippen molar-refractivity contribution in [2.24, 2.45) is 0 Å². The summed E-state index contributed by atoms with van der Waals surface area (Å²) >= 11 is 0. The lowest BCUT2D eigenvalue weighted by Gasteiger charge is -2.08. The van der Waals surface area contributed by atoms with E-state index in [2.05, 4.69) is 15.6 Å². The fourth-order valence-corrected chi connectivity index (χ4v) is 2.16. The maximum Gasteiger partial charge on any atom is 0.243 e. The molecular formula is C18H18ClN3O2. The van der Waals surface area contributed by atoms with Crippen molar-refractivity contribution < 1.29 is 9.21 Å².